The predicted molar refractivity (Wildman–Crippen MR) is 247 cm³/mol. The first-order valence-electron chi connectivity index (χ1n) is 19.7. The second-order valence-corrected chi connectivity index (χ2v) is 16.0. The highest BCUT2D eigenvalue weighted by atomic mass is 32.1. The lowest BCUT2D eigenvalue weighted by Crippen LogP contribution is -2.10. The number of furan rings is 1. The van der Waals surface area contributed by atoms with Crippen LogP contribution in [0.3, 0.4) is 0 Å². The lowest BCUT2D eigenvalue weighted by molar-refractivity contribution is 0.669. The van der Waals surface area contributed by atoms with Crippen molar-refractivity contribution in [2.45, 2.75) is 0 Å². The summed E-state index contributed by atoms with van der Waals surface area (Å²) < 4.78 is 11.4. The number of rotatable bonds is 6. The quantitative estimate of drug-likeness (QED) is 0.168. The third-order valence-electron chi connectivity index (χ3n) is 11.6. The van der Waals surface area contributed by atoms with Crippen LogP contribution >= 0.6 is 11.3 Å². The Morgan fingerprint density at radius 3 is 1.76 bits per heavy atom. The molecular formula is C54H34N2OS. The minimum absolute atomic E-state index is 0.872. The van der Waals surface area contributed by atoms with Crippen LogP contribution in [0.5, 0.6) is 0 Å². The molecule has 0 aliphatic carbocycles. The molecule has 0 atom stereocenters. The number of para-hydroxylation sites is 3. The third kappa shape index (κ3) is 5.19. The molecule has 9 aromatic carbocycles. The molecule has 3 nitrogen and oxygen atoms in total. The second kappa shape index (κ2) is 13.1. The highest BCUT2D eigenvalue weighted by molar-refractivity contribution is 7.25. The van der Waals surface area contributed by atoms with E-state index in [9.17, 15) is 0 Å². The van der Waals surface area contributed by atoms with Crippen LogP contribution in [0, 0.1) is 0 Å². The van der Waals surface area contributed by atoms with Gasteiger partial charge in [0.2, 0.25) is 0 Å². The molecule has 0 aliphatic heterocycles. The number of anilines is 3. The molecule has 272 valence electrons. The second-order valence-electron chi connectivity index (χ2n) is 14.9. The van der Waals surface area contributed by atoms with Crippen LogP contribution in [0.1, 0.15) is 0 Å². The molecule has 3 heterocycles. The van der Waals surface area contributed by atoms with Crippen LogP contribution in [-0.4, -0.2) is 4.57 Å². The average Bonchev–Trinajstić information content (AvgIpc) is 3.97. The summed E-state index contributed by atoms with van der Waals surface area (Å²) in [5.74, 6) is 0. The van der Waals surface area contributed by atoms with E-state index in [-0.39, 0.29) is 0 Å². The molecule has 12 rings (SSSR count). The molecule has 0 saturated carbocycles. The number of benzene rings is 9. The van der Waals surface area contributed by atoms with Crippen molar-refractivity contribution in [2.75, 3.05) is 4.90 Å². The standard InChI is InChI=1S/C54H34N2OS/c1-2-11-39(12-3-1)56-47-16-7-4-13-42(47)46-33-37(26-32-48(46)56)35-21-27-40(28-22-35)55(49-17-10-19-51-54(49)45-15-5-8-18-50(45)57-51)41-29-23-36(24-30-41)38-25-31-44-43-14-6-9-20-52(43)58-53(44)34-38/h1-34H. The summed E-state index contributed by atoms with van der Waals surface area (Å²) in [6, 6.07) is 74.4. The molecule has 12 aromatic rings. The van der Waals surface area contributed by atoms with Crippen molar-refractivity contribution in [3.63, 3.8) is 0 Å². The number of nitrogens with zero attached hydrogens (tertiary/aromatic N) is 2. The predicted octanol–water partition coefficient (Wildman–Crippen LogP) is 15.9. The number of thiophene rings is 1. The summed E-state index contributed by atoms with van der Waals surface area (Å²) in [6.07, 6.45) is 0. The molecule has 0 saturated heterocycles. The Hall–Kier alpha value is -7.40. The molecular weight excluding hydrogens is 725 g/mol. The van der Waals surface area contributed by atoms with Crippen LogP contribution in [0.25, 0.3) is 91.9 Å². The summed E-state index contributed by atoms with van der Waals surface area (Å²) >= 11 is 1.86. The van der Waals surface area contributed by atoms with Gasteiger partial charge in [-0.3, -0.25) is 0 Å². The molecule has 0 fully saturated rings. The van der Waals surface area contributed by atoms with Crippen molar-refractivity contribution < 1.29 is 4.42 Å². The first kappa shape index (κ1) is 32.8. The Labute approximate surface area is 338 Å². The zero-order chi connectivity index (χ0) is 38.2. The van der Waals surface area contributed by atoms with Gasteiger partial charge in [0, 0.05) is 53.4 Å². The summed E-state index contributed by atoms with van der Waals surface area (Å²) in [5, 5.41) is 7.33. The van der Waals surface area contributed by atoms with Crippen molar-refractivity contribution in [2.24, 2.45) is 0 Å². The summed E-state index contributed by atoms with van der Waals surface area (Å²) in [5.41, 5.74) is 13.3. The van der Waals surface area contributed by atoms with Crippen molar-refractivity contribution in [1.82, 2.24) is 4.57 Å². The maximum absolute atomic E-state index is 6.39. The van der Waals surface area contributed by atoms with Crippen LogP contribution in [-0.2, 0) is 0 Å². The van der Waals surface area contributed by atoms with Crippen molar-refractivity contribution >= 4 is 92.3 Å². The molecule has 0 radical (unpaired) electrons. The van der Waals surface area contributed by atoms with Crippen LogP contribution < -0.4 is 4.90 Å². The molecule has 0 N–H and O–H groups in total. The molecule has 0 amide bonds. The highest BCUT2D eigenvalue weighted by Crippen LogP contribution is 2.44. The van der Waals surface area contributed by atoms with E-state index in [0.29, 0.717) is 0 Å². The zero-order valence-electron chi connectivity index (χ0n) is 31.3. The minimum atomic E-state index is 0.872. The van der Waals surface area contributed by atoms with E-state index >= 15 is 0 Å². The van der Waals surface area contributed by atoms with E-state index in [2.05, 4.69) is 210 Å². The van der Waals surface area contributed by atoms with Gasteiger partial charge in [-0.15, -0.1) is 11.3 Å². The fourth-order valence-electron chi connectivity index (χ4n) is 8.89. The van der Waals surface area contributed by atoms with Crippen LogP contribution in [0.2, 0.25) is 0 Å². The molecule has 4 heteroatoms. The highest BCUT2D eigenvalue weighted by Gasteiger charge is 2.20. The number of aromatic nitrogens is 1. The van der Waals surface area contributed by atoms with Gasteiger partial charge in [-0.2, -0.15) is 0 Å². The number of fused-ring (bicyclic) bond motifs is 9. The smallest absolute Gasteiger partial charge is 0.137 e. The van der Waals surface area contributed by atoms with Gasteiger partial charge in [0.15, 0.2) is 0 Å². The SMILES string of the molecule is c1ccc(-n2c3ccccc3c3cc(-c4ccc(N(c5ccc(-c6ccc7c(c6)sc6ccccc67)cc5)c5cccc6oc7ccccc7c56)cc4)ccc32)cc1. The third-order valence-corrected chi connectivity index (χ3v) is 12.7. The van der Waals surface area contributed by atoms with E-state index in [1.165, 1.54) is 64.2 Å². The Kier molecular flexibility index (Phi) is 7.40. The Bertz CT molecular complexity index is 3500. The van der Waals surface area contributed by atoms with Gasteiger partial charge in [0.05, 0.1) is 22.1 Å². The maximum atomic E-state index is 6.39. The Morgan fingerprint density at radius 1 is 0.379 bits per heavy atom. The first-order chi connectivity index (χ1) is 28.7. The van der Waals surface area contributed by atoms with E-state index in [4.69, 9.17) is 4.42 Å². The summed E-state index contributed by atoms with van der Waals surface area (Å²) in [7, 11) is 0. The largest absolute Gasteiger partial charge is 0.456 e. The lowest BCUT2D eigenvalue weighted by atomic mass is 10.0. The van der Waals surface area contributed by atoms with Gasteiger partial charge in [-0.25, -0.2) is 0 Å². The summed E-state index contributed by atoms with van der Waals surface area (Å²) in [4.78, 5) is 2.36. The van der Waals surface area contributed by atoms with E-state index in [1.807, 2.05) is 17.4 Å². The monoisotopic (exact) mass is 758 g/mol. The molecule has 58 heavy (non-hydrogen) atoms. The van der Waals surface area contributed by atoms with Gasteiger partial charge >= 0.3 is 0 Å². The molecule has 0 bridgehead atoms. The Balaban J connectivity index is 0.967. The van der Waals surface area contributed by atoms with Gasteiger partial charge in [0.25, 0.3) is 0 Å². The maximum Gasteiger partial charge on any atom is 0.137 e. The van der Waals surface area contributed by atoms with E-state index < -0.39 is 0 Å². The minimum Gasteiger partial charge on any atom is -0.456 e. The number of hydrogen-bond acceptors (Lipinski definition) is 3. The molecule has 3 aromatic heterocycles. The average molecular weight is 759 g/mol. The number of hydrogen-bond donors (Lipinski definition) is 0. The van der Waals surface area contributed by atoms with Crippen LogP contribution in [0.4, 0.5) is 17.1 Å². The fraction of sp³-hybridized carbons (Fsp3) is 0. The van der Waals surface area contributed by atoms with E-state index in [0.717, 1.165) is 44.7 Å². The van der Waals surface area contributed by atoms with Crippen LogP contribution in [0.15, 0.2) is 211 Å². The van der Waals surface area contributed by atoms with Gasteiger partial charge in [0.1, 0.15) is 11.2 Å². The van der Waals surface area contributed by atoms with Gasteiger partial charge < -0.3 is 13.9 Å². The Morgan fingerprint density at radius 2 is 0.966 bits per heavy atom. The first-order valence-corrected chi connectivity index (χ1v) is 20.5. The van der Waals surface area contributed by atoms with Crippen molar-refractivity contribution in [3.05, 3.63) is 206 Å². The van der Waals surface area contributed by atoms with Crippen molar-refractivity contribution in [1.29, 1.82) is 0 Å². The normalized spacial score (nSPS) is 11.8. The molecule has 0 spiro atoms. The topological polar surface area (TPSA) is 21.3 Å². The fourth-order valence-corrected chi connectivity index (χ4v) is 10.0. The zero-order valence-corrected chi connectivity index (χ0v) is 32.2. The van der Waals surface area contributed by atoms with Crippen molar-refractivity contribution in [3.8, 4) is 27.9 Å². The summed E-state index contributed by atoms with van der Waals surface area (Å²) in [6.45, 7) is 0. The lowest BCUT2D eigenvalue weighted by Gasteiger charge is -2.26. The van der Waals surface area contributed by atoms with E-state index in [1.54, 1.807) is 0 Å². The van der Waals surface area contributed by atoms with Gasteiger partial charge in [-0.1, -0.05) is 121 Å². The van der Waals surface area contributed by atoms with Gasteiger partial charge in [-0.05, 0) is 107 Å². The molecule has 0 unspecified atom stereocenters. The molecule has 0 aliphatic rings.